The molecule has 1 heterocycles. The van der Waals surface area contributed by atoms with Crippen LogP contribution in [0.1, 0.15) is 28.5 Å². The number of rotatable bonds is 6. The molecular weight excluding hydrogens is 352 g/mol. The molecule has 0 unspecified atom stereocenters. The van der Waals surface area contributed by atoms with Gasteiger partial charge in [-0.1, -0.05) is 35.9 Å². The quantitative estimate of drug-likeness (QED) is 0.603. The number of aryl methyl sites for hydroxylation is 1. The lowest BCUT2D eigenvalue weighted by Crippen LogP contribution is -2.14. The van der Waals surface area contributed by atoms with Crippen molar-refractivity contribution in [3.8, 4) is 0 Å². The standard InChI is InChI=1S/C22H22N4O2/c1-15-5-3-6-17(11-15)13-23-20-9-10-21(24-14-20)22(28)26-19-8-4-7-18(12-19)25-16(2)27/h3-12,14,23H,13H2,1-2H3,(H,25,27)(H,26,28). The Hall–Kier alpha value is -3.67. The number of pyridine rings is 1. The van der Waals surface area contributed by atoms with Gasteiger partial charge in [0.15, 0.2) is 0 Å². The first-order valence-electron chi connectivity index (χ1n) is 8.94. The highest BCUT2D eigenvalue weighted by Gasteiger charge is 2.08. The molecule has 0 fully saturated rings. The fourth-order valence-corrected chi connectivity index (χ4v) is 2.73. The molecule has 3 N–H and O–H groups in total. The number of hydrogen-bond donors (Lipinski definition) is 3. The molecule has 0 aliphatic heterocycles. The first kappa shape index (κ1) is 19.1. The summed E-state index contributed by atoms with van der Waals surface area (Å²) < 4.78 is 0. The molecule has 0 aliphatic rings. The molecule has 0 saturated heterocycles. The monoisotopic (exact) mass is 374 g/mol. The van der Waals surface area contributed by atoms with E-state index in [0.717, 1.165) is 5.69 Å². The van der Waals surface area contributed by atoms with Gasteiger partial charge in [-0.25, -0.2) is 4.98 Å². The van der Waals surface area contributed by atoms with Gasteiger partial charge in [-0.05, 0) is 42.8 Å². The van der Waals surface area contributed by atoms with Crippen LogP contribution in [0.5, 0.6) is 0 Å². The number of amides is 2. The number of aromatic nitrogens is 1. The first-order valence-corrected chi connectivity index (χ1v) is 8.94. The summed E-state index contributed by atoms with van der Waals surface area (Å²) in [7, 11) is 0. The van der Waals surface area contributed by atoms with Crippen LogP contribution in [0, 0.1) is 6.92 Å². The van der Waals surface area contributed by atoms with Gasteiger partial charge in [-0.2, -0.15) is 0 Å². The van der Waals surface area contributed by atoms with E-state index in [-0.39, 0.29) is 11.8 Å². The Morgan fingerprint density at radius 3 is 2.32 bits per heavy atom. The maximum absolute atomic E-state index is 12.4. The molecular formula is C22H22N4O2. The van der Waals surface area contributed by atoms with Crippen molar-refractivity contribution < 1.29 is 9.59 Å². The lowest BCUT2D eigenvalue weighted by molar-refractivity contribution is -0.114. The number of nitrogens with zero attached hydrogens (tertiary/aromatic N) is 1. The normalized spacial score (nSPS) is 10.2. The number of carbonyl (C=O) groups excluding carboxylic acids is 2. The van der Waals surface area contributed by atoms with Crippen molar-refractivity contribution >= 4 is 28.9 Å². The highest BCUT2D eigenvalue weighted by molar-refractivity contribution is 6.03. The second-order valence-corrected chi connectivity index (χ2v) is 6.49. The molecule has 0 spiro atoms. The van der Waals surface area contributed by atoms with Crippen LogP contribution in [-0.2, 0) is 11.3 Å². The van der Waals surface area contributed by atoms with Crippen molar-refractivity contribution in [3.05, 3.63) is 83.7 Å². The fraction of sp³-hybridized carbons (Fsp3) is 0.136. The summed E-state index contributed by atoms with van der Waals surface area (Å²) in [5.74, 6) is -0.482. The molecule has 142 valence electrons. The summed E-state index contributed by atoms with van der Waals surface area (Å²) in [6.45, 7) is 4.18. The third-order valence-corrected chi connectivity index (χ3v) is 4.02. The molecule has 28 heavy (non-hydrogen) atoms. The van der Waals surface area contributed by atoms with Crippen molar-refractivity contribution in [2.45, 2.75) is 20.4 Å². The number of benzene rings is 2. The van der Waals surface area contributed by atoms with E-state index in [1.165, 1.54) is 18.1 Å². The van der Waals surface area contributed by atoms with Crippen LogP contribution < -0.4 is 16.0 Å². The summed E-state index contributed by atoms with van der Waals surface area (Å²) in [6.07, 6.45) is 1.64. The molecule has 0 radical (unpaired) electrons. The minimum atomic E-state index is -0.315. The summed E-state index contributed by atoms with van der Waals surface area (Å²) in [5, 5.41) is 8.76. The van der Waals surface area contributed by atoms with Gasteiger partial charge in [-0.3, -0.25) is 9.59 Å². The zero-order valence-electron chi connectivity index (χ0n) is 15.8. The van der Waals surface area contributed by atoms with E-state index >= 15 is 0 Å². The van der Waals surface area contributed by atoms with Crippen molar-refractivity contribution in [2.75, 3.05) is 16.0 Å². The Bertz CT molecular complexity index is 984. The Morgan fingerprint density at radius 1 is 0.893 bits per heavy atom. The maximum atomic E-state index is 12.4. The minimum Gasteiger partial charge on any atom is -0.380 e. The summed E-state index contributed by atoms with van der Waals surface area (Å²) in [4.78, 5) is 27.8. The zero-order chi connectivity index (χ0) is 19.9. The van der Waals surface area contributed by atoms with Gasteiger partial charge in [0.2, 0.25) is 5.91 Å². The molecule has 2 aromatic carbocycles. The van der Waals surface area contributed by atoms with Crippen LogP contribution in [0.2, 0.25) is 0 Å². The molecule has 3 rings (SSSR count). The van der Waals surface area contributed by atoms with Gasteiger partial charge in [0.05, 0.1) is 11.9 Å². The summed E-state index contributed by atoms with van der Waals surface area (Å²) in [6, 6.07) is 18.7. The average Bonchev–Trinajstić information content (AvgIpc) is 2.66. The predicted molar refractivity (Wildman–Crippen MR) is 111 cm³/mol. The average molecular weight is 374 g/mol. The largest absolute Gasteiger partial charge is 0.380 e. The highest BCUT2D eigenvalue weighted by atomic mass is 16.2. The SMILES string of the molecule is CC(=O)Nc1cccc(NC(=O)c2ccc(NCc3cccc(C)c3)cn2)c1. The van der Waals surface area contributed by atoms with Gasteiger partial charge in [0.1, 0.15) is 5.69 Å². The van der Waals surface area contributed by atoms with Crippen LogP contribution in [0.15, 0.2) is 66.9 Å². The lowest BCUT2D eigenvalue weighted by Gasteiger charge is -2.09. The lowest BCUT2D eigenvalue weighted by atomic mass is 10.1. The Balaban J connectivity index is 1.60. The Labute approximate surface area is 164 Å². The van der Waals surface area contributed by atoms with Gasteiger partial charge in [0, 0.05) is 24.8 Å². The second kappa shape index (κ2) is 8.81. The van der Waals surface area contributed by atoms with E-state index in [1.54, 1.807) is 36.5 Å². The van der Waals surface area contributed by atoms with Gasteiger partial charge in [0.25, 0.3) is 5.91 Å². The van der Waals surface area contributed by atoms with Crippen molar-refractivity contribution in [1.29, 1.82) is 0 Å². The van der Waals surface area contributed by atoms with E-state index in [4.69, 9.17) is 0 Å². The molecule has 3 aromatic rings. The van der Waals surface area contributed by atoms with E-state index in [0.29, 0.717) is 23.6 Å². The van der Waals surface area contributed by atoms with E-state index in [2.05, 4.69) is 46.1 Å². The smallest absolute Gasteiger partial charge is 0.274 e. The van der Waals surface area contributed by atoms with Gasteiger partial charge < -0.3 is 16.0 Å². The molecule has 6 nitrogen and oxygen atoms in total. The Kier molecular flexibility index (Phi) is 6.01. The van der Waals surface area contributed by atoms with Crippen molar-refractivity contribution in [3.63, 3.8) is 0 Å². The van der Waals surface area contributed by atoms with Crippen molar-refractivity contribution in [2.24, 2.45) is 0 Å². The predicted octanol–water partition coefficient (Wildman–Crippen LogP) is 4.21. The number of nitrogens with one attached hydrogen (secondary N) is 3. The van der Waals surface area contributed by atoms with Crippen molar-refractivity contribution in [1.82, 2.24) is 4.98 Å². The molecule has 0 aliphatic carbocycles. The minimum absolute atomic E-state index is 0.168. The number of anilines is 3. The van der Waals surface area contributed by atoms with E-state index in [9.17, 15) is 9.59 Å². The molecule has 0 atom stereocenters. The summed E-state index contributed by atoms with van der Waals surface area (Å²) >= 11 is 0. The van der Waals surface area contributed by atoms with Crippen LogP contribution in [0.3, 0.4) is 0 Å². The highest BCUT2D eigenvalue weighted by Crippen LogP contribution is 2.16. The molecule has 0 bridgehead atoms. The number of hydrogen-bond acceptors (Lipinski definition) is 4. The van der Waals surface area contributed by atoms with Gasteiger partial charge >= 0.3 is 0 Å². The summed E-state index contributed by atoms with van der Waals surface area (Å²) in [5.41, 5.74) is 4.75. The topological polar surface area (TPSA) is 83.1 Å². The number of carbonyl (C=O) groups is 2. The first-order chi connectivity index (χ1) is 13.5. The molecule has 6 heteroatoms. The fourth-order valence-electron chi connectivity index (χ4n) is 2.73. The van der Waals surface area contributed by atoms with E-state index < -0.39 is 0 Å². The van der Waals surface area contributed by atoms with Crippen LogP contribution in [-0.4, -0.2) is 16.8 Å². The molecule has 2 amide bonds. The zero-order valence-corrected chi connectivity index (χ0v) is 15.8. The van der Waals surface area contributed by atoms with Crippen LogP contribution in [0.4, 0.5) is 17.1 Å². The second-order valence-electron chi connectivity index (χ2n) is 6.49. The third kappa shape index (κ3) is 5.41. The van der Waals surface area contributed by atoms with Crippen LogP contribution >= 0.6 is 0 Å². The molecule has 0 saturated carbocycles. The third-order valence-electron chi connectivity index (χ3n) is 4.02. The Morgan fingerprint density at radius 2 is 1.64 bits per heavy atom. The molecule has 1 aromatic heterocycles. The van der Waals surface area contributed by atoms with Gasteiger partial charge in [-0.15, -0.1) is 0 Å². The van der Waals surface area contributed by atoms with Crippen LogP contribution in [0.25, 0.3) is 0 Å². The maximum Gasteiger partial charge on any atom is 0.274 e. The van der Waals surface area contributed by atoms with E-state index in [1.807, 2.05) is 12.1 Å².